The van der Waals surface area contributed by atoms with Crippen molar-refractivity contribution in [3.05, 3.63) is 23.8 Å². The smallest absolute Gasteiger partial charge is 0.322 e. The minimum absolute atomic E-state index is 0.199. The largest absolute Gasteiger partial charge is 0.462 e. The number of rotatable bonds is 8. The average molecular weight is 355 g/mol. The Balaban J connectivity index is 2.58. The van der Waals surface area contributed by atoms with Crippen molar-refractivity contribution in [1.82, 2.24) is 5.32 Å². The Labute approximate surface area is 146 Å². The van der Waals surface area contributed by atoms with Gasteiger partial charge in [-0.15, -0.1) is 0 Å². The average Bonchev–Trinajstić information content (AvgIpc) is 2.86. The zero-order valence-corrected chi connectivity index (χ0v) is 14.5. The monoisotopic (exact) mass is 355 g/mol. The van der Waals surface area contributed by atoms with Crippen LogP contribution in [0.2, 0.25) is 0 Å². The Morgan fingerprint density at radius 1 is 1.40 bits per heavy atom. The van der Waals surface area contributed by atoms with Crippen LogP contribution < -0.4 is 11.1 Å². The van der Waals surface area contributed by atoms with Crippen LogP contribution in [0.5, 0.6) is 0 Å². The number of carbonyl (C=O) groups excluding carboxylic acids is 2. The molecule has 5 N–H and O–H groups in total. The van der Waals surface area contributed by atoms with Crippen LogP contribution in [0.3, 0.4) is 0 Å². The minimum Gasteiger partial charge on any atom is -0.462 e. The van der Waals surface area contributed by atoms with Gasteiger partial charge in [0.15, 0.2) is 6.23 Å². The van der Waals surface area contributed by atoms with Gasteiger partial charge < -0.3 is 30.7 Å². The van der Waals surface area contributed by atoms with E-state index in [-0.39, 0.29) is 6.61 Å². The number of ether oxygens (including phenoxy) is 2. The number of aliphatic imine (C=N–C) groups is 1. The van der Waals surface area contributed by atoms with Crippen molar-refractivity contribution in [2.75, 3.05) is 13.7 Å². The number of amides is 1. The first-order chi connectivity index (χ1) is 11.8. The second-order valence-electron chi connectivity index (χ2n) is 5.45. The van der Waals surface area contributed by atoms with Gasteiger partial charge in [0.2, 0.25) is 5.91 Å². The normalized spacial score (nSPS) is 28.6. The molecule has 0 radical (unpaired) electrons. The van der Waals surface area contributed by atoms with Crippen LogP contribution in [0.1, 0.15) is 13.8 Å². The van der Waals surface area contributed by atoms with Gasteiger partial charge in [-0.2, -0.15) is 0 Å². The van der Waals surface area contributed by atoms with Crippen molar-refractivity contribution >= 4 is 18.1 Å². The van der Waals surface area contributed by atoms with E-state index in [0.29, 0.717) is 5.57 Å². The topological polar surface area (TPSA) is 143 Å². The summed E-state index contributed by atoms with van der Waals surface area (Å²) in [4.78, 5) is 26.6. The van der Waals surface area contributed by atoms with E-state index in [1.165, 1.54) is 18.4 Å². The number of hydrogen-bond donors (Lipinski definition) is 4. The van der Waals surface area contributed by atoms with Gasteiger partial charge in [0.05, 0.1) is 0 Å². The molecule has 0 aromatic rings. The van der Waals surface area contributed by atoms with Gasteiger partial charge in [-0.1, -0.05) is 6.08 Å². The maximum Gasteiger partial charge on any atom is 0.322 e. The Morgan fingerprint density at radius 2 is 2.08 bits per heavy atom. The molecule has 0 aliphatic carbocycles. The molecule has 1 heterocycles. The molecule has 0 saturated carbocycles. The molecule has 5 atom stereocenters. The third-order valence-electron chi connectivity index (χ3n) is 3.70. The zero-order chi connectivity index (χ0) is 19.0. The van der Waals surface area contributed by atoms with Gasteiger partial charge in [-0.05, 0) is 33.0 Å². The summed E-state index contributed by atoms with van der Waals surface area (Å²) in [6, 6.07) is -0.492. The van der Waals surface area contributed by atoms with Gasteiger partial charge in [0.1, 0.15) is 31.0 Å². The fraction of sp³-hybridized carbons (Fsp3) is 0.562. The number of carbonyl (C=O) groups is 2. The van der Waals surface area contributed by atoms with Crippen LogP contribution in [0, 0.1) is 0 Å². The highest BCUT2D eigenvalue weighted by molar-refractivity contribution is 5.95. The van der Waals surface area contributed by atoms with Gasteiger partial charge in [0.25, 0.3) is 0 Å². The summed E-state index contributed by atoms with van der Waals surface area (Å²) in [7, 11) is 1.62. The number of nitrogens with two attached hydrogens (primary N) is 1. The number of nitrogens with zero attached hydrogens (tertiary/aromatic N) is 1. The van der Waals surface area contributed by atoms with Gasteiger partial charge in [-0.25, -0.2) is 0 Å². The Hall–Kier alpha value is -2.07. The zero-order valence-electron chi connectivity index (χ0n) is 14.5. The number of esters is 1. The molecule has 1 saturated heterocycles. The number of likely N-dealkylation sites (N-methyl/N-ethyl adjacent to an activating group) is 1. The molecular weight excluding hydrogens is 330 g/mol. The van der Waals surface area contributed by atoms with Crippen LogP contribution in [-0.2, 0) is 19.1 Å². The van der Waals surface area contributed by atoms with Crippen molar-refractivity contribution in [3.63, 3.8) is 0 Å². The lowest BCUT2D eigenvalue weighted by atomic mass is 10.1. The number of allylic oxidation sites excluding steroid dienone is 2. The van der Waals surface area contributed by atoms with Crippen LogP contribution in [-0.4, -0.2) is 72.5 Å². The number of aliphatic hydroxyl groups is 2. The highest BCUT2D eigenvalue weighted by Crippen LogP contribution is 2.22. The summed E-state index contributed by atoms with van der Waals surface area (Å²) in [5.41, 5.74) is 5.46. The molecule has 9 nitrogen and oxygen atoms in total. The fourth-order valence-electron chi connectivity index (χ4n) is 2.00. The predicted molar refractivity (Wildman–Crippen MR) is 90.7 cm³/mol. The maximum absolute atomic E-state index is 11.6. The Morgan fingerprint density at radius 3 is 2.64 bits per heavy atom. The SMILES string of the molecule is C/C=C(\C=C/C=N[C@@H]1O[C@H](COC(=O)[C@H](C)NC)[C@@H](O)[C@H]1O)C(N)=O. The summed E-state index contributed by atoms with van der Waals surface area (Å²) in [6.07, 6.45) is 1.41. The van der Waals surface area contributed by atoms with Crippen LogP contribution >= 0.6 is 0 Å². The van der Waals surface area contributed by atoms with Crippen molar-refractivity contribution in [2.24, 2.45) is 10.7 Å². The molecule has 0 aromatic carbocycles. The number of primary amides is 1. The molecule has 1 fully saturated rings. The molecule has 0 unspecified atom stereocenters. The van der Waals surface area contributed by atoms with Crippen molar-refractivity contribution < 1.29 is 29.3 Å². The van der Waals surface area contributed by atoms with Crippen molar-refractivity contribution in [1.29, 1.82) is 0 Å². The number of nitrogens with one attached hydrogen (secondary N) is 1. The third-order valence-corrected chi connectivity index (χ3v) is 3.70. The molecule has 25 heavy (non-hydrogen) atoms. The van der Waals surface area contributed by atoms with E-state index in [4.69, 9.17) is 15.2 Å². The lowest BCUT2D eigenvalue weighted by molar-refractivity contribution is -0.151. The van der Waals surface area contributed by atoms with E-state index in [9.17, 15) is 19.8 Å². The van der Waals surface area contributed by atoms with Crippen LogP contribution in [0.25, 0.3) is 0 Å². The first-order valence-corrected chi connectivity index (χ1v) is 7.83. The molecule has 1 aliphatic rings. The standard InChI is InChI=1S/C16H25N3O6/c1-4-10(14(17)22)6-5-7-19-15-13(21)12(20)11(25-15)8-24-16(23)9(2)18-3/h4-7,9,11-13,15,18,20-21H,8H2,1-3H3,(H2,17,22)/b6-5-,10-4+,19-7?/t9-,11+,12+,13+,15+/m0/s1. The molecular formula is C16H25N3O6. The second kappa shape index (κ2) is 10.0. The highest BCUT2D eigenvalue weighted by atomic mass is 16.6. The first kappa shape index (κ1) is 21.0. The summed E-state index contributed by atoms with van der Waals surface area (Å²) in [6.45, 7) is 3.10. The molecule has 1 rings (SSSR count). The van der Waals surface area contributed by atoms with Crippen molar-refractivity contribution in [3.8, 4) is 0 Å². The van der Waals surface area contributed by atoms with E-state index in [0.717, 1.165) is 0 Å². The fourth-order valence-corrected chi connectivity index (χ4v) is 2.00. The van der Waals surface area contributed by atoms with E-state index in [1.807, 2.05) is 0 Å². The number of hydrogen-bond acceptors (Lipinski definition) is 8. The molecule has 0 spiro atoms. The summed E-state index contributed by atoms with van der Waals surface area (Å²) in [5, 5.41) is 22.6. The Kier molecular flexibility index (Phi) is 8.42. The third kappa shape index (κ3) is 6.05. The van der Waals surface area contributed by atoms with Gasteiger partial charge in [0, 0.05) is 11.8 Å². The Bertz CT molecular complexity index is 560. The van der Waals surface area contributed by atoms with E-state index >= 15 is 0 Å². The molecule has 1 amide bonds. The van der Waals surface area contributed by atoms with E-state index < -0.39 is 42.5 Å². The lowest BCUT2D eigenvalue weighted by Gasteiger charge is -2.16. The molecule has 0 aromatic heterocycles. The summed E-state index contributed by atoms with van der Waals surface area (Å²) >= 11 is 0. The maximum atomic E-state index is 11.6. The van der Waals surface area contributed by atoms with Crippen LogP contribution in [0.15, 0.2) is 28.8 Å². The second-order valence-corrected chi connectivity index (χ2v) is 5.45. The first-order valence-electron chi connectivity index (χ1n) is 7.83. The summed E-state index contributed by atoms with van der Waals surface area (Å²) in [5.74, 6) is -1.06. The molecule has 9 heteroatoms. The number of aliphatic hydroxyl groups excluding tert-OH is 2. The summed E-state index contributed by atoms with van der Waals surface area (Å²) < 4.78 is 10.4. The predicted octanol–water partition coefficient (Wildman–Crippen LogP) is -1.36. The van der Waals surface area contributed by atoms with Crippen LogP contribution in [0.4, 0.5) is 0 Å². The van der Waals surface area contributed by atoms with E-state index in [1.54, 1.807) is 27.0 Å². The van der Waals surface area contributed by atoms with Crippen molar-refractivity contribution in [2.45, 2.75) is 44.4 Å². The minimum atomic E-state index is -1.26. The van der Waals surface area contributed by atoms with E-state index in [2.05, 4.69) is 10.3 Å². The molecule has 1 aliphatic heterocycles. The van der Waals surface area contributed by atoms with Gasteiger partial charge in [-0.3, -0.25) is 14.6 Å². The molecule has 0 bridgehead atoms. The quantitative estimate of drug-likeness (QED) is 0.182. The molecule has 140 valence electrons. The lowest BCUT2D eigenvalue weighted by Crippen LogP contribution is -2.38. The highest BCUT2D eigenvalue weighted by Gasteiger charge is 2.43. The van der Waals surface area contributed by atoms with Gasteiger partial charge >= 0.3 is 5.97 Å².